The van der Waals surface area contributed by atoms with Crippen molar-refractivity contribution in [2.24, 2.45) is 0 Å². The highest BCUT2D eigenvalue weighted by molar-refractivity contribution is 7.92. The fraction of sp³-hybridized carbons (Fsp3) is 0.316. The summed E-state index contributed by atoms with van der Waals surface area (Å²) in [5.41, 5.74) is 2.24. The van der Waals surface area contributed by atoms with Gasteiger partial charge >= 0.3 is 0 Å². The van der Waals surface area contributed by atoms with E-state index in [1.807, 2.05) is 32.0 Å². The Morgan fingerprint density at radius 1 is 1.15 bits per heavy atom. The molecule has 0 aromatic heterocycles. The maximum atomic E-state index is 12.2. The number of nitrogens with one attached hydrogen (secondary N) is 2. The number of aryl methyl sites for hydroxylation is 1. The number of benzene rings is 2. The molecule has 0 radical (unpaired) electrons. The average molecular weight is 392 g/mol. The van der Waals surface area contributed by atoms with Crippen LogP contribution in [0.25, 0.3) is 0 Å². The van der Waals surface area contributed by atoms with Crippen LogP contribution in [0.2, 0.25) is 0 Å². The van der Waals surface area contributed by atoms with E-state index >= 15 is 0 Å². The summed E-state index contributed by atoms with van der Waals surface area (Å²) < 4.78 is 35.9. The second kappa shape index (κ2) is 8.77. The highest BCUT2D eigenvalue weighted by Gasteiger charge is 2.13. The van der Waals surface area contributed by atoms with Crippen molar-refractivity contribution in [3.8, 4) is 11.5 Å². The number of methoxy groups -OCH3 is 1. The van der Waals surface area contributed by atoms with E-state index in [0.29, 0.717) is 17.2 Å². The molecule has 146 valence electrons. The molecule has 8 heteroatoms. The molecule has 0 saturated heterocycles. The Morgan fingerprint density at radius 2 is 1.89 bits per heavy atom. The molecule has 7 nitrogen and oxygen atoms in total. The molecule has 2 aromatic carbocycles. The monoisotopic (exact) mass is 392 g/mol. The van der Waals surface area contributed by atoms with E-state index in [-0.39, 0.29) is 18.6 Å². The Labute approximate surface area is 159 Å². The van der Waals surface area contributed by atoms with E-state index in [4.69, 9.17) is 9.47 Å². The van der Waals surface area contributed by atoms with Crippen LogP contribution in [0, 0.1) is 6.92 Å². The Balaban J connectivity index is 1.97. The van der Waals surface area contributed by atoms with Crippen molar-refractivity contribution < 1.29 is 22.7 Å². The van der Waals surface area contributed by atoms with Gasteiger partial charge in [0.25, 0.3) is 5.91 Å². The van der Waals surface area contributed by atoms with Crippen LogP contribution in [0.4, 0.5) is 5.69 Å². The van der Waals surface area contributed by atoms with E-state index in [0.717, 1.165) is 17.4 Å². The van der Waals surface area contributed by atoms with Gasteiger partial charge in [-0.1, -0.05) is 18.2 Å². The molecule has 0 fully saturated rings. The number of amides is 1. The number of hydrogen-bond donors (Lipinski definition) is 2. The van der Waals surface area contributed by atoms with Crippen LogP contribution in [-0.2, 0) is 14.8 Å². The van der Waals surface area contributed by atoms with Crippen molar-refractivity contribution in [2.45, 2.75) is 19.9 Å². The lowest BCUT2D eigenvalue weighted by atomic mass is 10.1. The highest BCUT2D eigenvalue weighted by atomic mass is 32.2. The van der Waals surface area contributed by atoms with Crippen LogP contribution in [0.15, 0.2) is 42.5 Å². The molecule has 0 bridgehead atoms. The molecule has 0 aliphatic rings. The van der Waals surface area contributed by atoms with Gasteiger partial charge in [-0.2, -0.15) is 0 Å². The molecule has 27 heavy (non-hydrogen) atoms. The highest BCUT2D eigenvalue weighted by Crippen LogP contribution is 2.27. The largest absolute Gasteiger partial charge is 0.493 e. The SMILES string of the molecule is COc1cc(C)ccc1OCC(=O)NC(C)c1cccc(NS(C)(=O)=O)c1. The summed E-state index contributed by atoms with van der Waals surface area (Å²) in [7, 11) is -1.82. The first-order valence-electron chi connectivity index (χ1n) is 8.32. The molecule has 0 aliphatic heterocycles. The molecule has 0 spiro atoms. The van der Waals surface area contributed by atoms with Gasteiger partial charge < -0.3 is 14.8 Å². The molecular formula is C19H24N2O5S. The van der Waals surface area contributed by atoms with Crippen LogP contribution in [0.3, 0.4) is 0 Å². The van der Waals surface area contributed by atoms with Crippen molar-refractivity contribution in [1.29, 1.82) is 0 Å². The molecular weight excluding hydrogens is 368 g/mol. The summed E-state index contributed by atoms with van der Waals surface area (Å²) in [5, 5.41) is 2.82. The van der Waals surface area contributed by atoms with Crippen molar-refractivity contribution in [3.63, 3.8) is 0 Å². The van der Waals surface area contributed by atoms with Crippen LogP contribution < -0.4 is 19.5 Å². The van der Waals surface area contributed by atoms with Crippen LogP contribution in [-0.4, -0.2) is 34.3 Å². The zero-order valence-corrected chi connectivity index (χ0v) is 16.6. The summed E-state index contributed by atoms with van der Waals surface area (Å²) in [4.78, 5) is 12.2. The van der Waals surface area contributed by atoms with Gasteiger partial charge in [0.15, 0.2) is 18.1 Å². The average Bonchev–Trinajstić information content (AvgIpc) is 2.59. The van der Waals surface area contributed by atoms with Crippen molar-refractivity contribution in [1.82, 2.24) is 5.32 Å². The normalized spacial score (nSPS) is 12.1. The standard InChI is InChI=1S/C19H24N2O5S/c1-13-8-9-17(18(10-13)25-3)26-12-19(22)20-14(2)15-6-5-7-16(11-15)21-27(4,23)24/h5-11,14,21H,12H2,1-4H3,(H,20,22). The zero-order valence-electron chi connectivity index (χ0n) is 15.8. The Hall–Kier alpha value is -2.74. The van der Waals surface area contributed by atoms with Crippen LogP contribution in [0.1, 0.15) is 24.1 Å². The van der Waals surface area contributed by atoms with Gasteiger partial charge in [-0.25, -0.2) is 8.42 Å². The molecule has 0 heterocycles. The van der Waals surface area contributed by atoms with Gasteiger partial charge in [0.1, 0.15) is 0 Å². The zero-order chi connectivity index (χ0) is 20.0. The number of hydrogen-bond acceptors (Lipinski definition) is 5. The molecule has 2 rings (SSSR count). The lowest BCUT2D eigenvalue weighted by molar-refractivity contribution is -0.123. The maximum Gasteiger partial charge on any atom is 0.258 e. The summed E-state index contributed by atoms with van der Waals surface area (Å²) in [6, 6.07) is 12.0. The minimum Gasteiger partial charge on any atom is -0.493 e. The Bertz CT molecular complexity index is 912. The third kappa shape index (κ3) is 6.49. The van der Waals surface area contributed by atoms with Gasteiger partial charge in [-0.15, -0.1) is 0 Å². The second-order valence-electron chi connectivity index (χ2n) is 6.23. The van der Waals surface area contributed by atoms with Gasteiger partial charge in [0, 0.05) is 5.69 Å². The number of sulfonamides is 1. The molecule has 2 aromatic rings. The van der Waals surface area contributed by atoms with Gasteiger partial charge in [-0.05, 0) is 49.2 Å². The number of carbonyl (C=O) groups is 1. The van der Waals surface area contributed by atoms with Crippen molar-refractivity contribution in [2.75, 3.05) is 24.7 Å². The Kier molecular flexibility index (Phi) is 6.68. The van der Waals surface area contributed by atoms with Crippen LogP contribution in [0.5, 0.6) is 11.5 Å². The van der Waals surface area contributed by atoms with Gasteiger partial charge in [0.2, 0.25) is 10.0 Å². The second-order valence-corrected chi connectivity index (χ2v) is 7.98. The number of carbonyl (C=O) groups excluding carboxylic acids is 1. The van der Waals surface area contributed by atoms with Gasteiger partial charge in [0.05, 0.1) is 19.4 Å². The first kappa shape index (κ1) is 20.6. The van der Waals surface area contributed by atoms with E-state index in [1.165, 1.54) is 0 Å². The predicted octanol–water partition coefficient (Wildman–Crippen LogP) is 2.63. The van der Waals surface area contributed by atoms with Crippen molar-refractivity contribution >= 4 is 21.6 Å². The third-order valence-electron chi connectivity index (χ3n) is 3.75. The number of anilines is 1. The van der Waals surface area contributed by atoms with Gasteiger partial charge in [-0.3, -0.25) is 9.52 Å². The van der Waals surface area contributed by atoms with E-state index < -0.39 is 10.0 Å². The number of ether oxygens (including phenoxy) is 2. The lowest BCUT2D eigenvalue weighted by Crippen LogP contribution is -2.31. The topological polar surface area (TPSA) is 93.7 Å². The predicted molar refractivity (Wildman–Crippen MR) is 105 cm³/mol. The van der Waals surface area contributed by atoms with Crippen molar-refractivity contribution in [3.05, 3.63) is 53.6 Å². The fourth-order valence-electron chi connectivity index (χ4n) is 2.49. The minimum atomic E-state index is -3.36. The third-order valence-corrected chi connectivity index (χ3v) is 4.35. The summed E-state index contributed by atoms with van der Waals surface area (Å²) >= 11 is 0. The summed E-state index contributed by atoms with van der Waals surface area (Å²) in [5.74, 6) is 0.757. The fourth-order valence-corrected chi connectivity index (χ4v) is 3.04. The molecule has 2 N–H and O–H groups in total. The van der Waals surface area contributed by atoms with E-state index in [2.05, 4.69) is 10.0 Å². The van der Waals surface area contributed by atoms with E-state index in [1.54, 1.807) is 31.4 Å². The lowest BCUT2D eigenvalue weighted by Gasteiger charge is -2.16. The summed E-state index contributed by atoms with van der Waals surface area (Å²) in [6.45, 7) is 3.59. The summed E-state index contributed by atoms with van der Waals surface area (Å²) in [6.07, 6.45) is 1.08. The minimum absolute atomic E-state index is 0.162. The number of rotatable bonds is 8. The molecule has 0 saturated carbocycles. The van der Waals surface area contributed by atoms with E-state index in [9.17, 15) is 13.2 Å². The molecule has 0 aliphatic carbocycles. The first-order valence-corrected chi connectivity index (χ1v) is 10.2. The molecule has 1 atom stereocenters. The van der Waals surface area contributed by atoms with Crippen LogP contribution >= 0.6 is 0 Å². The first-order chi connectivity index (χ1) is 12.7. The Morgan fingerprint density at radius 3 is 2.56 bits per heavy atom. The molecule has 1 unspecified atom stereocenters. The molecule has 1 amide bonds. The quantitative estimate of drug-likeness (QED) is 0.720. The smallest absolute Gasteiger partial charge is 0.258 e. The maximum absolute atomic E-state index is 12.2.